The molecule has 1 aromatic heterocycles. The van der Waals surface area contributed by atoms with Crippen LogP contribution in [0.4, 0.5) is 0 Å². The van der Waals surface area contributed by atoms with Crippen molar-refractivity contribution < 1.29 is 9.59 Å². The van der Waals surface area contributed by atoms with E-state index in [1.165, 1.54) is 6.92 Å². The van der Waals surface area contributed by atoms with Crippen LogP contribution in [0, 0.1) is 0 Å². The van der Waals surface area contributed by atoms with Crippen LogP contribution in [0.3, 0.4) is 0 Å². The molecule has 0 fully saturated rings. The maximum atomic E-state index is 11.8. The van der Waals surface area contributed by atoms with Gasteiger partial charge in [-0.3, -0.25) is 9.59 Å². The molecule has 1 heterocycles. The van der Waals surface area contributed by atoms with E-state index >= 15 is 0 Å². The number of H-pyrrole nitrogens is 1. The Bertz CT molecular complexity index is 586. The van der Waals surface area contributed by atoms with Crippen LogP contribution in [0.25, 0.3) is 10.9 Å². The molecule has 0 radical (unpaired) electrons. The molecule has 0 saturated carbocycles. The van der Waals surface area contributed by atoms with Gasteiger partial charge in [-0.05, 0) is 25.5 Å². The van der Waals surface area contributed by atoms with Crippen molar-refractivity contribution in [3.05, 3.63) is 36.0 Å². The van der Waals surface area contributed by atoms with Gasteiger partial charge >= 0.3 is 0 Å². The van der Waals surface area contributed by atoms with E-state index in [2.05, 4.69) is 10.3 Å². The number of amides is 1. The quantitative estimate of drug-likeness (QED) is 0.861. The third-order valence-corrected chi connectivity index (χ3v) is 3.01. The van der Waals surface area contributed by atoms with Gasteiger partial charge in [0.25, 0.3) is 0 Å². The fourth-order valence-corrected chi connectivity index (χ4v) is 1.84. The summed E-state index contributed by atoms with van der Waals surface area (Å²) >= 11 is 0. The van der Waals surface area contributed by atoms with Crippen LogP contribution in [0.5, 0.6) is 0 Å². The summed E-state index contributed by atoms with van der Waals surface area (Å²) in [4.78, 5) is 26.0. The number of nitrogens with one attached hydrogen (secondary N) is 2. The van der Waals surface area contributed by atoms with Crippen molar-refractivity contribution >= 4 is 22.6 Å². The molecular formula is C14H16N2O2. The van der Waals surface area contributed by atoms with E-state index in [-0.39, 0.29) is 18.1 Å². The Labute approximate surface area is 105 Å². The summed E-state index contributed by atoms with van der Waals surface area (Å²) in [5.41, 5.74) is 1.96. The molecule has 0 aliphatic carbocycles. The SMILES string of the molecule is CC(=O)[C@H](C)NC(=O)Cc1c[nH]c2ccccc12. The van der Waals surface area contributed by atoms with Gasteiger partial charge in [0, 0.05) is 17.1 Å². The van der Waals surface area contributed by atoms with Crippen LogP contribution < -0.4 is 5.32 Å². The first kappa shape index (κ1) is 12.4. The highest BCUT2D eigenvalue weighted by molar-refractivity contribution is 5.91. The van der Waals surface area contributed by atoms with Gasteiger partial charge < -0.3 is 10.3 Å². The van der Waals surface area contributed by atoms with Gasteiger partial charge in [0.15, 0.2) is 5.78 Å². The highest BCUT2D eigenvalue weighted by Crippen LogP contribution is 2.17. The second-order valence-electron chi connectivity index (χ2n) is 4.44. The van der Waals surface area contributed by atoms with Crippen LogP contribution in [-0.4, -0.2) is 22.7 Å². The molecular weight excluding hydrogens is 228 g/mol. The molecule has 0 aliphatic heterocycles. The van der Waals surface area contributed by atoms with Crippen LogP contribution in [0.2, 0.25) is 0 Å². The lowest BCUT2D eigenvalue weighted by atomic mass is 10.1. The first-order valence-electron chi connectivity index (χ1n) is 5.92. The number of hydrogen-bond acceptors (Lipinski definition) is 2. The summed E-state index contributed by atoms with van der Waals surface area (Å²) in [6, 6.07) is 7.40. The van der Waals surface area contributed by atoms with Crippen LogP contribution in [0.15, 0.2) is 30.5 Å². The summed E-state index contributed by atoms with van der Waals surface area (Å²) < 4.78 is 0. The predicted molar refractivity (Wildman–Crippen MR) is 70.3 cm³/mol. The first-order valence-corrected chi connectivity index (χ1v) is 5.92. The fraction of sp³-hybridized carbons (Fsp3) is 0.286. The number of benzene rings is 1. The van der Waals surface area contributed by atoms with Crippen LogP contribution >= 0.6 is 0 Å². The predicted octanol–water partition coefficient (Wildman–Crippen LogP) is 1.80. The van der Waals surface area contributed by atoms with Crippen molar-refractivity contribution in [2.24, 2.45) is 0 Å². The molecule has 18 heavy (non-hydrogen) atoms. The Hall–Kier alpha value is -2.10. The lowest BCUT2D eigenvalue weighted by molar-refractivity contribution is -0.126. The molecule has 4 nitrogen and oxygen atoms in total. The number of rotatable bonds is 4. The largest absolute Gasteiger partial charge is 0.361 e. The number of carbonyl (C=O) groups is 2. The van der Waals surface area contributed by atoms with Crippen molar-refractivity contribution in [2.45, 2.75) is 26.3 Å². The maximum Gasteiger partial charge on any atom is 0.225 e. The number of aromatic nitrogens is 1. The lowest BCUT2D eigenvalue weighted by Gasteiger charge is -2.09. The molecule has 2 N–H and O–H groups in total. The van der Waals surface area contributed by atoms with Gasteiger partial charge in [-0.1, -0.05) is 18.2 Å². The topological polar surface area (TPSA) is 62.0 Å². The highest BCUT2D eigenvalue weighted by atomic mass is 16.2. The number of fused-ring (bicyclic) bond motifs is 1. The molecule has 0 saturated heterocycles. The van der Waals surface area contributed by atoms with E-state index < -0.39 is 6.04 Å². The molecule has 0 spiro atoms. The zero-order valence-electron chi connectivity index (χ0n) is 10.5. The molecule has 1 amide bonds. The minimum Gasteiger partial charge on any atom is -0.361 e. The fourth-order valence-electron chi connectivity index (χ4n) is 1.84. The van der Waals surface area contributed by atoms with Gasteiger partial charge in [0.2, 0.25) is 5.91 Å². The third kappa shape index (κ3) is 2.59. The molecule has 2 rings (SSSR count). The summed E-state index contributed by atoms with van der Waals surface area (Å²) in [6.45, 7) is 3.16. The molecule has 1 atom stereocenters. The summed E-state index contributed by atoms with van der Waals surface area (Å²) in [6.07, 6.45) is 2.12. The molecule has 0 aliphatic rings. The van der Waals surface area contributed by atoms with Crippen molar-refractivity contribution in [3.8, 4) is 0 Å². The van der Waals surface area contributed by atoms with E-state index in [9.17, 15) is 9.59 Å². The maximum absolute atomic E-state index is 11.8. The van der Waals surface area contributed by atoms with Crippen molar-refractivity contribution in [1.29, 1.82) is 0 Å². The molecule has 2 aromatic rings. The number of Topliss-reactive ketones (excluding diaryl/α,β-unsaturated/α-hetero) is 1. The van der Waals surface area contributed by atoms with Gasteiger partial charge in [-0.2, -0.15) is 0 Å². The number of para-hydroxylation sites is 1. The third-order valence-electron chi connectivity index (χ3n) is 3.01. The Kier molecular flexibility index (Phi) is 3.46. The number of ketones is 1. The minimum absolute atomic E-state index is 0.0396. The Morgan fingerprint density at radius 3 is 2.78 bits per heavy atom. The molecule has 0 unspecified atom stereocenters. The van der Waals surface area contributed by atoms with Crippen LogP contribution in [-0.2, 0) is 16.0 Å². The average molecular weight is 244 g/mol. The van der Waals surface area contributed by atoms with E-state index in [1.54, 1.807) is 6.92 Å². The monoisotopic (exact) mass is 244 g/mol. The molecule has 1 aromatic carbocycles. The van der Waals surface area contributed by atoms with Gasteiger partial charge in [-0.25, -0.2) is 0 Å². The van der Waals surface area contributed by atoms with Gasteiger partial charge in [0.05, 0.1) is 12.5 Å². The number of aromatic amines is 1. The summed E-state index contributed by atoms with van der Waals surface area (Å²) in [5, 5.41) is 3.72. The highest BCUT2D eigenvalue weighted by Gasteiger charge is 2.13. The minimum atomic E-state index is -0.428. The molecule has 4 heteroatoms. The van der Waals surface area contributed by atoms with Gasteiger partial charge in [0.1, 0.15) is 0 Å². The first-order chi connectivity index (χ1) is 8.58. The van der Waals surface area contributed by atoms with E-state index in [0.717, 1.165) is 16.5 Å². The Balaban J connectivity index is 2.10. The van der Waals surface area contributed by atoms with Crippen molar-refractivity contribution in [2.75, 3.05) is 0 Å². The summed E-state index contributed by atoms with van der Waals surface area (Å²) in [5.74, 6) is -0.176. The van der Waals surface area contributed by atoms with Crippen molar-refractivity contribution in [1.82, 2.24) is 10.3 Å². The Morgan fingerprint density at radius 2 is 2.06 bits per heavy atom. The van der Waals surface area contributed by atoms with E-state index in [4.69, 9.17) is 0 Å². The second-order valence-corrected chi connectivity index (χ2v) is 4.44. The van der Waals surface area contributed by atoms with Crippen molar-refractivity contribution in [3.63, 3.8) is 0 Å². The molecule has 94 valence electrons. The number of hydrogen-bond donors (Lipinski definition) is 2. The zero-order chi connectivity index (χ0) is 13.1. The second kappa shape index (κ2) is 5.04. The summed E-state index contributed by atoms with van der Waals surface area (Å²) in [7, 11) is 0. The normalized spacial score (nSPS) is 12.3. The van der Waals surface area contributed by atoms with E-state index in [0.29, 0.717) is 0 Å². The number of carbonyl (C=O) groups excluding carboxylic acids is 2. The van der Waals surface area contributed by atoms with E-state index in [1.807, 2.05) is 30.5 Å². The standard InChI is InChI=1S/C14H16N2O2/c1-9(10(2)17)16-14(18)7-11-8-15-13-6-4-3-5-12(11)13/h3-6,8-9,15H,7H2,1-2H3,(H,16,18)/t9-/m0/s1. The zero-order valence-corrected chi connectivity index (χ0v) is 10.5. The Morgan fingerprint density at radius 1 is 1.33 bits per heavy atom. The van der Waals surface area contributed by atoms with Gasteiger partial charge in [-0.15, -0.1) is 0 Å². The smallest absolute Gasteiger partial charge is 0.225 e. The van der Waals surface area contributed by atoms with Crippen LogP contribution in [0.1, 0.15) is 19.4 Å². The lowest BCUT2D eigenvalue weighted by Crippen LogP contribution is -2.38. The average Bonchev–Trinajstić information content (AvgIpc) is 2.72. The molecule has 0 bridgehead atoms.